The molecule has 1 aliphatic carbocycles. The van der Waals surface area contributed by atoms with E-state index in [4.69, 9.17) is 14.8 Å². The number of fused-ring (bicyclic) bond motifs is 3. The highest BCUT2D eigenvalue weighted by atomic mass is 19.2. The fourth-order valence-electron chi connectivity index (χ4n) is 5.68. The van der Waals surface area contributed by atoms with Crippen LogP contribution in [0.3, 0.4) is 0 Å². The topological polar surface area (TPSA) is 84.2 Å². The zero-order valence-electron chi connectivity index (χ0n) is 19.6. The monoisotopic (exact) mass is 482 g/mol. The lowest BCUT2D eigenvalue weighted by molar-refractivity contribution is 0.372. The third-order valence-corrected chi connectivity index (χ3v) is 7.40. The molecule has 2 aliphatic heterocycles. The molecule has 1 aromatic carbocycles. The molecule has 2 bridgehead atoms. The number of rotatable bonds is 5. The van der Waals surface area contributed by atoms with E-state index in [9.17, 15) is 8.78 Å². The molecule has 6 rings (SSSR count). The molecular formula is C24H28F2N8O. The van der Waals surface area contributed by atoms with Gasteiger partial charge in [0.15, 0.2) is 11.6 Å². The number of benzene rings is 1. The largest absolute Gasteiger partial charge is 0.481 e. The lowest BCUT2D eigenvalue weighted by Crippen LogP contribution is -2.48. The molecule has 2 aromatic heterocycles. The summed E-state index contributed by atoms with van der Waals surface area (Å²) in [7, 11) is 1.61. The van der Waals surface area contributed by atoms with Crippen molar-refractivity contribution in [3.63, 3.8) is 0 Å². The molecule has 2 fully saturated rings. The van der Waals surface area contributed by atoms with E-state index in [1.165, 1.54) is 6.07 Å². The summed E-state index contributed by atoms with van der Waals surface area (Å²) >= 11 is 0. The molecule has 0 radical (unpaired) electrons. The van der Waals surface area contributed by atoms with Crippen molar-refractivity contribution in [2.75, 3.05) is 41.9 Å². The Morgan fingerprint density at radius 2 is 1.80 bits per heavy atom. The molecular weight excluding hydrogens is 454 g/mol. The smallest absolute Gasteiger partial charge is 0.244 e. The molecule has 3 aromatic rings. The van der Waals surface area contributed by atoms with Crippen LogP contribution < -0.4 is 19.9 Å². The van der Waals surface area contributed by atoms with Gasteiger partial charge in [-0.2, -0.15) is 4.98 Å². The lowest BCUT2D eigenvalue weighted by Gasteiger charge is -2.38. The number of aromatic nitrogens is 5. The Morgan fingerprint density at radius 1 is 1.00 bits per heavy atom. The number of nitrogens with zero attached hydrogens (tertiary/aromatic N) is 7. The van der Waals surface area contributed by atoms with Gasteiger partial charge in [0.2, 0.25) is 17.8 Å². The van der Waals surface area contributed by atoms with Gasteiger partial charge in [-0.25, -0.2) is 23.4 Å². The zero-order valence-corrected chi connectivity index (χ0v) is 19.6. The Morgan fingerprint density at radius 3 is 2.57 bits per heavy atom. The Bertz CT molecular complexity index is 1210. The molecule has 3 aliphatic rings. The van der Waals surface area contributed by atoms with Crippen LogP contribution >= 0.6 is 0 Å². The van der Waals surface area contributed by atoms with Crippen molar-refractivity contribution in [3.8, 4) is 5.88 Å². The highest BCUT2D eigenvalue weighted by molar-refractivity contribution is 5.59. The summed E-state index contributed by atoms with van der Waals surface area (Å²) < 4.78 is 34.6. The standard InChI is InChI=1S/C24H28F2N8O/c1-35-21-11-20(27-14-28-21)32-12-15-4-5-16(13-32)22(15)29-23-30-24-33(8-2-3-9-34(24)31-23)17-6-7-18(25)19(26)10-17/h6-7,10-11,14-16,22H,2-5,8-9,12-13H2,1H3,(H,29,31)/t15-,16+,22?. The summed E-state index contributed by atoms with van der Waals surface area (Å²) in [5, 5.41) is 8.37. The predicted molar refractivity (Wildman–Crippen MR) is 127 cm³/mol. The van der Waals surface area contributed by atoms with E-state index in [-0.39, 0.29) is 6.04 Å². The van der Waals surface area contributed by atoms with Crippen LogP contribution in [0.25, 0.3) is 0 Å². The number of anilines is 4. The van der Waals surface area contributed by atoms with Crippen LogP contribution in [-0.4, -0.2) is 57.5 Å². The molecule has 3 atom stereocenters. The maximum Gasteiger partial charge on any atom is 0.244 e. The summed E-state index contributed by atoms with van der Waals surface area (Å²) in [5.74, 6) is 1.89. The number of aryl methyl sites for hydroxylation is 1. The average molecular weight is 483 g/mol. The number of hydrogen-bond acceptors (Lipinski definition) is 8. The van der Waals surface area contributed by atoms with Gasteiger partial charge in [-0.1, -0.05) is 0 Å². The second kappa shape index (κ2) is 8.94. The van der Waals surface area contributed by atoms with Crippen molar-refractivity contribution in [2.45, 2.75) is 38.3 Å². The van der Waals surface area contributed by atoms with Crippen molar-refractivity contribution in [2.24, 2.45) is 11.8 Å². The summed E-state index contributed by atoms with van der Waals surface area (Å²) in [4.78, 5) is 17.6. The van der Waals surface area contributed by atoms with Crippen molar-refractivity contribution >= 4 is 23.4 Å². The van der Waals surface area contributed by atoms with Gasteiger partial charge >= 0.3 is 0 Å². The second-order valence-corrected chi connectivity index (χ2v) is 9.51. The maximum atomic E-state index is 13.9. The molecule has 4 heterocycles. The van der Waals surface area contributed by atoms with Crippen LogP contribution in [0.1, 0.15) is 25.7 Å². The normalized spacial score (nSPS) is 23.7. The van der Waals surface area contributed by atoms with Gasteiger partial charge in [-0.15, -0.1) is 5.10 Å². The van der Waals surface area contributed by atoms with Gasteiger partial charge in [0.25, 0.3) is 0 Å². The fourth-order valence-corrected chi connectivity index (χ4v) is 5.68. The molecule has 1 N–H and O–H groups in total. The van der Waals surface area contributed by atoms with Crippen LogP contribution in [0.5, 0.6) is 5.88 Å². The number of ether oxygens (including phenoxy) is 1. The maximum absolute atomic E-state index is 13.9. The van der Waals surface area contributed by atoms with E-state index in [1.54, 1.807) is 19.5 Å². The van der Waals surface area contributed by atoms with Gasteiger partial charge in [0.05, 0.1) is 7.11 Å². The molecule has 11 heteroatoms. The summed E-state index contributed by atoms with van der Waals surface area (Å²) in [6, 6.07) is 6.14. The summed E-state index contributed by atoms with van der Waals surface area (Å²) in [5.41, 5.74) is 0.583. The van der Waals surface area contributed by atoms with Crippen LogP contribution in [0.4, 0.5) is 32.2 Å². The van der Waals surface area contributed by atoms with Crippen LogP contribution in [-0.2, 0) is 6.54 Å². The van der Waals surface area contributed by atoms with Crippen molar-refractivity contribution < 1.29 is 13.5 Å². The molecule has 1 saturated heterocycles. The summed E-state index contributed by atoms with van der Waals surface area (Å²) in [6.07, 6.45) is 5.68. The van der Waals surface area contributed by atoms with E-state index in [0.29, 0.717) is 41.8 Å². The molecule has 0 spiro atoms. The van der Waals surface area contributed by atoms with Crippen molar-refractivity contribution in [1.82, 2.24) is 24.7 Å². The third kappa shape index (κ3) is 4.12. The number of hydrogen-bond donors (Lipinski definition) is 1. The Kier molecular flexibility index (Phi) is 5.62. The van der Waals surface area contributed by atoms with Crippen molar-refractivity contribution in [3.05, 3.63) is 42.2 Å². The quantitative estimate of drug-likeness (QED) is 0.591. The molecule has 9 nitrogen and oxygen atoms in total. The van der Waals surface area contributed by atoms with Gasteiger partial charge < -0.3 is 19.9 Å². The van der Waals surface area contributed by atoms with E-state index >= 15 is 0 Å². The van der Waals surface area contributed by atoms with Gasteiger partial charge in [-0.3, -0.25) is 0 Å². The van der Waals surface area contributed by atoms with Gasteiger partial charge in [0, 0.05) is 50.0 Å². The fraction of sp³-hybridized carbons (Fsp3) is 0.500. The Balaban J connectivity index is 1.21. The molecule has 1 saturated carbocycles. The number of halogens is 2. The summed E-state index contributed by atoms with van der Waals surface area (Å²) in [6.45, 7) is 3.20. The Hall–Kier alpha value is -3.50. The zero-order chi connectivity index (χ0) is 23.9. The minimum absolute atomic E-state index is 0.276. The SMILES string of the molecule is COc1cc(N2C[C@H]3CC[C@@H](C2)C3Nc2nc3n(n2)CCCCN3c2ccc(F)c(F)c2)ncn1. The minimum Gasteiger partial charge on any atom is -0.481 e. The van der Waals surface area contributed by atoms with Crippen molar-refractivity contribution in [1.29, 1.82) is 0 Å². The first-order chi connectivity index (χ1) is 17.1. The highest BCUT2D eigenvalue weighted by Gasteiger charge is 2.43. The number of methoxy groups -OCH3 is 1. The van der Waals surface area contributed by atoms with E-state index in [0.717, 1.165) is 57.2 Å². The predicted octanol–water partition coefficient (Wildman–Crippen LogP) is 3.61. The first-order valence-electron chi connectivity index (χ1n) is 12.1. The minimum atomic E-state index is -0.860. The number of nitrogens with one attached hydrogen (secondary N) is 1. The molecule has 35 heavy (non-hydrogen) atoms. The number of piperidine rings is 1. The molecule has 1 unspecified atom stereocenters. The first kappa shape index (κ1) is 22.0. The van der Waals surface area contributed by atoms with E-state index in [1.807, 2.05) is 15.6 Å². The third-order valence-electron chi connectivity index (χ3n) is 7.40. The van der Waals surface area contributed by atoms with Crippen LogP contribution in [0, 0.1) is 23.5 Å². The molecule has 184 valence electrons. The van der Waals surface area contributed by atoms with Gasteiger partial charge in [0.1, 0.15) is 12.1 Å². The van der Waals surface area contributed by atoms with Crippen LogP contribution in [0.2, 0.25) is 0 Å². The molecule has 0 amide bonds. The van der Waals surface area contributed by atoms with E-state index < -0.39 is 11.6 Å². The highest BCUT2D eigenvalue weighted by Crippen LogP contribution is 2.40. The first-order valence-corrected chi connectivity index (χ1v) is 12.1. The Labute approximate surface area is 202 Å². The van der Waals surface area contributed by atoms with E-state index in [2.05, 4.69) is 20.2 Å². The average Bonchev–Trinajstić information content (AvgIpc) is 3.27. The van der Waals surface area contributed by atoms with Gasteiger partial charge in [-0.05, 0) is 49.7 Å². The second-order valence-electron chi connectivity index (χ2n) is 9.51. The lowest BCUT2D eigenvalue weighted by atomic mass is 9.92. The van der Waals surface area contributed by atoms with Crippen LogP contribution in [0.15, 0.2) is 30.6 Å².